The summed E-state index contributed by atoms with van der Waals surface area (Å²) in [6.45, 7) is 0. The number of nitrogens with one attached hydrogen (secondary N) is 1. The highest BCUT2D eigenvalue weighted by Crippen LogP contribution is 2.09. The second kappa shape index (κ2) is 5.66. The Kier molecular flexibility index (Phi) is 3.95. The predicted molar refractivity (Wildman–Crippen MR) is 72.9 cm³/mol. The molecule has 20 heavy (non-hydrogen) atoms. The van der Waals surface area contributed by atoms with Crippen molar-refractivity contribution in [2.24, 2.45) is 0 Å². The lowest BCUT2D eigenvalue weighted by Gasteiger charge is -2.06. The molecule has 6 heteroatoms. The standard InChI is InChI=1S/C14H11NO4S/c16-10-11-6-8-12(9-7-11)14(17)15-20(18,19)13-4-2-1-3-5-13/h1-10H,(H,15,17). The summed E-state index contributed by atoms with van der Waals surface area (Å²) in [6.07, 6.45) is 0.641. The summed E-state index contributed by atoms with van der Waals surface area (Å²) in [5, 5.41) is 0. The molecule has 0 aliphatic rings. The van der Waals surface area contributed by atoms with Gasteiger partial charge in [-0.3, -0.25) is 9.59 Å². The number of sulfonamides is 1. The molecule has 0 saturated heterocycles. The lowest BCUT2D eigenvalue weighted by molar-refractivity contribution is 0.0980. The summed E-state index contributed by atoms with van der Waals surface area (Å²) in [4.78, 5) is 22.4. The van der Waals surface area contributed by atoms with E-state index < -0.39 is 15.9 Å². The highest BCUT2D eigenvalue weighted by atomic mass is 32.2. The average Bonchev–Trinajstić information content (AvgIpc) is 2.48. The van der Waals surface area contributed by atoms with E-state index in [-0.39, 0.29) is 10.5 Å². The van der Waals surface area contributed by atoms with Gasteiger partial charge < -0.3 is 0 Å². The average molecular weight is 289 g/mol. The first-order chi connectivity index (χ1) is 9.53. The van der Waals surface area contributed by atoms with E-state index in [2.05, 4.69) is 0 Å². The summed E-state index contributed by atoms with van der Waals surface area (Å²) in [5.41, 5.74) is 0.572. The zero-order valence-corrected chi connectivity index (χ0v) is 11.1. The lowest BCUT2D eigenvalue weighted by atomic mass is 10.1. The molecule has 0 atom stereocenters. The van der Waals surface area contributed by atoms with E-state index in [1.165, 1.54) is 36.4 Å². The first-order valence-electron chi connectivity index (χ1n) is 5.70. The normalized spacial score (nSPS) is 10.8. The maximum Gasteiger partial charge on any atom is 0.264 e. The van der Waals surface area contributed by atoms with Crippen LogP contribution in [0.2, 0.25) is 0 Å². The number of benzene rings is 2. The minimum atomic E-state index is -3.89. The minimum Gasteiger partial charge on any atom is -0.298 e. The Morgan fingerprint density at radius 2 is 1.55 bits per heavy atom. The van der Waals surface area contributed by atoms with E-state index in [9.17, 15) is 18.0 Å². The molecule has 0 spiro atoms. The van der Waals surface area contributed by atoms with Gasteiger partial charge in [0.2, 0.25) is 0 Å². The summed E-state index contributed by atoms with van der Waals surface area (Å²) in [6, 6.07) is 13.3. The van der Waals surface area contributed by atoms with E-state index in [4.69, 9.17) is 0 Å². The Hall–Kier alpha value is -2.47. The van der Waals surface area contributed by atoms with E-state index in [1.807, 2.05) is 4.72 Å². The zero-order chi connectivity index (χ0) is 14.6. The smallest absolute Gasteiger partial charge is 0.264 e. The first-order valence-corrected chi connectivity index (χ1v) is 7.19. The van der Waals surface area contributed by atoms with Crippen molar-refractivity contribution in [2.75, 3.05) is 0 Å². The molecule has 0 fully saturated rings. The van der Waals surface area contributed by atoms with Gasteiger partial charge in [0.25, 0.3) is 15.9 Å². The number of hydrogen-bond donors (Lipinski definition) is 1. The maximum atomic E-state index is 12.0. The summed E-state index contributed by atoms with van der Waals surface area (Å²) >= 11 is 0. The number of amides is 1. The summed E-state index contributed by atoms with van der Waals surface area (Å²) < 4.78 is 25.9. The van der Waals surface area contributed by atoms with E-state index in [0.29, 0.717) is 11.8 Å². The van der Waals surface area contributed by atoms with Crippen LogP contribution in [0, 0.1) is 0 Å². The second-order valence-corrected chi connectivity index (χ2v) is 5.67. The second-order valence-electron chi connectivity index (χ2n) is 3.99. The number of aldehydes is 1. The maximum absolute atomic E-state index is 12.0. The van der Waals surface area contributed by atoms with Gasteiger partial charge in [-0.1, -0.05) is 30.3 Å². The number of carbonyl (C=O) groups excluding carboxylic acids is 2. The molecule has 102 valence electrons. The van der Waals surface area contributed by atoms with Crippen LogP contribution < -0.4 is 4.72 Å². The van der Waals surface area contributed by atoms with E-state index in [1.54, 1.807) is 18.2 Å². The van der Waals surface area contributed by atoms with Gasteiger partial charge in [0.15, 0.2) is 0 Å². The third kappa shape index (κ3) is 3.10. The fourth-order valence-electron chi connectivity index (χ4n) is 1.55. The molecule has 0 saturated carbocycles. The van der Waals surface area contributed by atoms with Crippen LogP contribution in [0.3, 0.4) is 0 Å². The van der Waals surface area contributed by atoms with Crippen LogP contribution in [-0.4, -0.2) is 20.6 Å². The van der Waals surface area contributed by atoms with Crippen LogP contribution in [0.1, 0.15) is 20.7 Å². The van der Waals surface area contributed by atoms with Gasteiger partial charge in [-0.05, 0) is 24.3 Å². The molecule has 0 aliphatic heterocycles. The predicted octanol–water partition coefficient (Wildman–Crippen LogP) is 1.62. The van der Waals surface area contributed by atoms with Gasteiger partial charge >= 0.3 is 0 Å². The van der Waals surface area contributed by atoms with Crippen LogP contribution in [-0.2, 0) is 10.0 Å². The molecule has 0 heterocycles. The van der Waals surface area contributed by atoms with Crippen LogP contribution in [0.25, 0.3) is 0 Å². The molecular formula is C14H11NO4S. The van der Waals surface area contributed by atoms with Crippen molar-refractivity contribution >= 4 is 22.2 Å². The molecule has 0 aromatic heterocycles. The molecule has 5 nitrogen and oxygen atoms in total. The highest BCUT2D eigenvalue weighted by Gasteiger charge is 2.18. The van der Waals surface area contributed by atoms with Gasteiger partial charge in [-0.15, -0.1) is 0 Å². The fraction of sp³-hybridized carbons (Fsp3) is 0. The van der Waals surface area contributed by atoms with Gasteiger partial charge in [0.1, 0.15) is 6.29 Å². The molecule has 1 amide bonds. The van der Waals surface area contributed by atoms with E-state index >= 15 is 0 Å². The Bertz CT molecular complexity index is 722. The highest BCUT2D eigenvalue weighted by molar-refractivity contribution is 7.90. The number of carbonyl (C=O) groups is 2. The molecule has 0 bridgehead atoms. The molecule has 0 radical (unpaired) electrons. The van der Waals surface area contributed by atoms with Crippen molar-refractivity contribution in [1.82, 2.24) is 4.72 Å². The van der Waals surface area contributed by atoms with Crippen LogP contribution in [0.15, 0.2) is 59.5 Å². The van der Waals surface area contributed by atoms with Crippen LogP contribution in [0.4, 0.5) is 0 Å². The Balaban J connectivity index is 2.20. The van der Waals surface area contributed by atoms with E-state index in [0.717, 1.165) is 0 Å². The topological polar surface area (TPSA) is 80.3 Å². The largest absolute Gasteiger partial charge is 0.298 e. The van der Waals surface area contributed by atoms with Crippen molar-refractivity contribution in [3.63, 3.8) is 0 Å². The van der Waals surface area contributed by atoms with Gasteiger partial charge in [0.05, 0.1) is 4.90 Å². The molecule has 2 rings (SSSR count). The number of hydrogen-bond acceptors (Lipinski definition) is 4. The third-order valence-electron chi connectivity index (χ3n) is 2.59. The molecular weight excluding hydrogens is 278 g/mol. The SMILES string of the molecule is O=Cc1ccc(C(=O)NS(=O)(=O)c2ccccc2)cc1. The molecule has 1 N–H and O–H groups in total. The monoisotopic (exact) mass is 289 g/mol. The van der Waals surface area contributed by atoms with Crippen molar-refractivity contribution in [2.45, 2.75) is 4.90 Å². The third-order valence-corrected chi connectivity index (χ3v) is 3.94. The van der Waals surface area contributed by atoms with Gasteiger partial charge in [-0.25, -0.2) is 13.1 Å². The number of rotatable bonds is 4. The minimum absolute atomic E-state index is 0.0119. The quantitative estimate of drug-likeness (QED) is 0.867. The van der Waals surface area contributed by atoms with Crippen molar-refractivity contribution in [3.05, 3.63) is 65.7 Å². The Labute approximate surface area is 116 Å². The molecule has 0 unspecified atom stereocenters. The fourth-order valence-corrected chi connectivity index (χ4v) is 2.55. The Morgan fingerprint density at radius 1 is 0.950 bits per heavy atom. The van der Waals surface area contributed by atoms with Crippen LogP contribution >= 0.6 is 0 Å². The lowest BCUT2D eigenvalue weighted by Crippen LogP contribution is -2.30. The summed E-state index contributed by atoms with van der Waals surface area (Å²) in [5.74, 6) is -0.744. The molecule has 0 aliphatic carbocycles. The van der Waals surface area contributed by atoms with Crippen molar-refractivity contribution < 1.29 is 18.0 Å². The van der Waals surface area contributed by atoms with Crippen molar-refractivity contribution in [1.29, 1.82) is 0 Å². The Morgan fingerprint density at radius 3 is 2.10 bits per heavy atom. The van der Waals surface area contributed by atoms with Gasteiger partial charge in [0, 0.05) is 11.1 Å². The van der Waals surface area contributed by atoms with Gasteiger partial charge in [-0.2, -0.15) is 0 Å². The molecule has 2 aromatic carbocycles. The van der Waals surface area contributed by atoms with Crippen LogP contribution in [0.5, 0.6) is 0 Å². The molecule has 2 aromatic rings. The zero-order valence-electron chi connectivity index (χ0n) is 10.3. The first kappa shape index (κ1) is 14.0. The summed E-state index contributed by atoms with van der Waals surface area (Å²) in [7, 11) is -3.89. The van der Waals surface area contributed by atoms with Crippen molar-refractivity contribution in [3.8, 4) is 0 Å².